The van der Waals surface area contributed by atoms with Gasteiger partial charge in [-0.15, -0.1) is 0 Å². The molecule has 0 aromatic carbocycles. The Bertz CT molecular complexity index is 1830. The first-order valence-electron chi connectivity index (χ1n) is 32.7. The molecule has 3 saturated heterocycles. The van der Waals surface area contributed by atoms with E-state index in [2.05, 4.69) is 79.9 Å². The van der Waals surface area contributed by atoms with E-state index in [4.69, 9.17) is 28.4 Å². The minimum absolute atomic E-state index is 0.234. The molecule has 0 aromatic rings. The summed E-state index contributed by atoms with van der Waals surface area (Å²) in [6.45, 7) is 1.52. The van der Waals surface area contributed by atoms with E-state index < -0.39 is 124 Å². The maximum Gasteiger partial charge on any atom is 0.220 e. The molecule has 3 heterocycles. The largest absolute Gasteiger partial charge is 0.394 e. The van der Waals surface area contributed by atoms with Crippen LogP contribution in [-0.2, 0) is 33.2 Å². The zero-order chi connectivity index (χ0) is 61.9. The fourth-order valence-electron chi connectivity index (χ4n) is 10.7. The van der Waals surface area contributed by atoms with Crippen LogP contribution in [0.5, 0.6) is 0 Å². The SMILES string of the molecule is CC/C=C\C/C=C\C/C=C\C/C=C\CCCCCCCCCCCCCCCCCCCCC(=O)NC(COC1OC(CO)C(OC2OC(CO)C(OC3OC(CO)C(O)C(O)C3O)C(O)C2O)C(O)C1O)C(O)/C=C/CC/C=C/CCCCC. The highest BCUT2D eigenvalue weighted by Crippen LogP contribution is 2.33. The lowest BCUT2D eigenvalue weighted by Crippen LogP contribution is -2.66. The summed E-state index contributed by atoms with van der Waals surface area (Å²) >= 11 is 0. The first kappa shape index (κ1) is 76.5. The van der Waals surface area contributed by atoms with Gasteiger partial charge in [-0.3, -0.25) is 4.79 Å². The van der Waals surface area contributed by atoms with Crippen molar-refractivity contribution in [2.75, 3.05) is 26.4 Å². The molecular weight excluding hydrogens is 1090 g/mol. The molecule has 3 rings (SSSR count). The van der Waals surface area contributed by atoms with Crippen molar-refractivity contribution in [3.63, 3.8) is 0 Å². The number of aliphatic hydroxyl groups excluding tert-OH is 11. The molecule has 0 aliphatic carbocycles. The van der Waals surface area contributed by atoms with E-state index in [0.29, 0.717) is 12.8 Å². The summed E-state index contributed by atoms with van der Waals surface area (Å²) in [6, 6.07) is -0.989. The Kier molecular flexibility index (Phi) is 43.3. The average molecular weight is 1210 g/mol. The lowest BCUT2D eigenvalue weighted by molar-refractivity contribution is -0.379. The minimum Gasteiger partial charge on any atom is -0.394 e. The first-order valence-corrected chi connectivity index (χ1v) is 32.7. The number of hydrogen-bond acceptors (Lipinski definition) is 18. The summed E-state index contributed by atoms with van der Waals surface area (Å²) in [5.41, 5.74) is 0. The van der Waals surface area contributed by atoms with E-state index >= 15 is 0 Å². The van der Waals surface area contributed by atoms with Gasteiger partial charge >= 0.3 is 0 Å². The van der Waals surface area contributed by atoms with Crippen molar-refractivity contribution in [1.29, 1.82) is 0 Å². The number of hydrogen-bond donors (Lipinski definition) is 12. The molecule has 3 fully saturated rings. The summed E-state index contributed by atoms with van der Waals surface area (Å²) in [5.74, 6) is -0.290. The highest BCUT2D eigenvalue weighted by atomic mass is 16.8. The van der Waals surface area contributed by atoms with E-state index in [1.54, 1.807) is 6.08 Å². The van der Waals surface area contributed by atoms with Crippen LogP contribution in [0.4, 0.5) is 0 Å². The molecule has 3 aliphatic rings. The van der Waals surface area contributed by atoms with Crippen LogP contribution >= 0.6 is 0 Å². The number of nitrogens with one attached hydrogen (secondary N) is 1. The van der Waals surface area contributed by atoms with Crippen LogP contribution in [0.3, 0.4) is 0 Å². The molecule has 19 nitrogen and oxygen atoms in total. The van der Waals surface area contributed by atoms with Crippen LogP contribution in [0.15, 0.2) is 72.9 Å². The van der Waals surface area contributed by atoms with Gasteiger partial charge in [0, 0.05) is 6.42 Å². The van der Waals surface area contributed by atoms with Crippen LogP contribution in [0.1, 0.15) is 206 Å². The summed E-state index contributed by atoms with van der Waals surface area (Å²) in [7, 11) is 0. The smallest absolute Gasteiger partial charge is 0.220 e. The Morgan fingerprint density at radius 1 is 0.435 bits per heavy atom. The van der Waals surface area contributed by atoms with Gasteiger partial charge in [0.25, 0.3) is 0 Å². The van der Waals surface area contributed by atoms with E-state index in [9.17, 15) is 61.0 Å². The number of aliphatic hydroxyl groups is 11. The maximum absolute atomic E-state index is 13.3. The van der Waals surface area contributed by atoms with Gasteiger partial charge in [0.2, 0.25) is 5.91 Å². The Balaban J connectivity index is 1.35. The van der Waals surface area contributed by atoms with Gasteiger partial charge in [-0.25, -0.2) is 0 Å². The highest BCUT2D eigenvalue weighted by molar-refractivity contribution is 5.76. The predicted molar refractivity (Wildman–Crippen MR) is 328 cm³/mol. The Morgan fingerprint density at radius 3 is 1.32 bits per heavy atom. The van der Waals surface area contributed by atoms with Crippen LogP contribution in [0.25, 0.3) is 0 Å². The number of allylic oxidation sites excluding steroid dienone is 11. The third-order valence-electron chi connectivity index (χ3n) is 16.0. The summed E-state index contributed by atoms with van der Waals surface area (Å²) in [4.78, 5) is 13.3. The number of ether oxygens (including phenoxy) is 6. The van der Waals surface area contributed by atoms with Gasteiger partial charge in [0.15, 0.2) is 18.9 Å². The fraction of sp³-hybridized carbons (Fsp3) is 0.803. The molecule has 3 aliphatic heterocycles. The Hall–Kier alpha value is -2.77. The number of amides is 1. The highest BCUT2D eigenvalue weighted by Gasteiger charge is 2.53. The fourth-order valence-corrected chi connectivity index (χ4v) is 10.7. The topological polar surface area (TPSA) is 307 Å². The second-order valence-corrected chi connectivity index (χ2v) is 23.2. The van der Waals surface area contributed by atoms with Crippen molar-refractivity contribution in [2.45, 2.75) is 311 Å². The molecule has 0 saturated carbocycles. The van der Waals surface area contributed by atoms with Gasteiger partial charge in [-0.1, -0.05) is 202 Å². The summed E-state index contributed by atoms with van der Waals surface area (Å²) in [5, 5.41) is 120. The molecule has 492 valence electrons. The standard InChI is InChI=1S/C66H115NO18/c1-3-5-7-9-11-13-14-15-16-17-18-19-20-21-22-23-24-25-26-27-28-29-30-31-32-33-34-36-38-40-42-44-54(72)67-49(50(71)43-41-39-37-35-12-10-8-6-4-2)48-80-64-60(78)57(75)62(52(46-69)82-64)85-66-61(79)58(76)63(53(47-70)83-66)84-65-59(77)56(74)55(73)51(45-68)81-65/h5,7,11-13,15-16,18-19,35,41,43,49-53,55-66,68-71,73-79H,3-4,6,8-10,14,17,20-34,36-40,42,44-48H2,1-2H3,(H,67,72)/b7-5-,13-11-,16-15-,19-18-,35-12+,43-41+. The quantitative estimate of drug-likeness (QED) is 0.0209. The lowest BCUT2D eigenvalue weighted by atomic mass is 9.96. The van der Waals surface area contributed by atoms with Crippen molar-refractivity contribution in [3.05, 3.63) is 72.9 Å². The van der Waals surface area contributed by atoms with Gasteiger partial charge in [-0.05, 0) is 70.6 Å². The third kappa shape index (κ3) is 31.0. The van der Waals surface area contributed by atoms with E-state index in [1.807, 2.05) is 6.08 Å². The minimum atomic E-state index is -1.98. The van der Waals surface area contributed by atoms with E-state index in [0.717, 1.165) is 70.6 Å². The lowest BCUT2D eigenvalue weighted by Gasteiger charge is -2.48. The molecule has 12 N–H and O–H groups in total. The third-order valence-corrected chi connectivity index (χ3v) is 16.0. The number of carbonyl (C=O) groups excluding carboxylic acids is 1. The molecule has 0 aromatic heterocycles. The van der Waals surface area contributed by atoms with Gasteiger partial charge < -0.3 is 89.9 Å². The molecule has 17 atom stereocenters. The van der Waals surface area contributed by atoms with Crippen molar-refractivity contribution in [2.24, 2.45) is 0 Å². The summed E-state index contributed by atoms with van der Waals surface area (Å²) in [6.07, 6.45) is 32.1. The number of carbonyl (C=O) groups is 1. The monoisotopic (exact) mass is 1210 g/mol. The van der Waals surface area contributed by atoms with Crippen molar-refractivity contribution < 1.29 is 89.4 Å². The molecule has 85 heavy (non-hydrogen) atoms. The molecule has 19 heteroatoms. The second kappa shape index (κ2) is 48.1. The van der Waals surface area contributed by atoms with Crippen LogP contribution in [0.2, 0.25) is 0 Å². The zero-order valence-electron chi connectivity index (χ0n) is 51.6. The van der Waals surface area contributed by atoms with Crippen molar-refractivity contribution >= 4 is 5.91 Å². The number of rotatable bonds is 48. The van der Waals surface area contributed by atoms with Crippen LogP contribution < -0.4 is 5.32 Å². The van der Waals surface area contributed by atoms with Crippen LogP contribution in [0, 0.1) is 0 Å². The van der Waals surface area contributed by atoms with Crippen molar-refractivity contribution in [3.8, 4) is 0 Å². The van der Waals surface area contributed by atoms with Gasteiger partial charge in [0.1, 0.15) is 73.2 Å². The Morgan fingerprint density at radius 2 is 0.824 bits per heavy atom. The van der Waals surface area contributed by atoms with E-state index in [1.165, 1.54) is 103 Å². The molecule has 0 bridgehead atoms. The normalized spacial score (nSPS) is 29.4. The molecule has 17 unspecified atom stereocenters. The number of unbranched alkanes of at least 4 members (excludes halogenated alkanes) is 22. The summed E-state index contributed by atoms with van der Waals surface area (Å²) < 4.78 is 34.2. The van der Waals surface area contributed by atoms with E-state index in [-0.39, 0.29) is 18.9 Å². The first-order chi connectivity index (χ1) is 41.3. The molecule has 0 radical (unpaired) electrons. The molecule has 1 amide bonds. The zero-order valence-corrected chi connectivity index (χ0v) is 51.6. The Labute approximate surface area is 508 Å². The van der Waals surface area contributed by atoms with Gasteiger partial charge in [-0.2, -0.15) is 0 Å². The molecular formula is C66H115NO18. The predicted octanol–water partition coefficient (Wildman–Crippen LogP) is 7.38. The van der Waals surface area contributed by atoms with Crippen LogP contribution in [-0.4, -0.2) is 193 Å². The molecule has 0 spiro atoms. The average Bonchev–Trinajstić information content (AvgIpc) is 2.29. The maximum atomic E-state index is 13.3. The van der Waals surface area contributed by atoms with Gasteiger partial charge in [0.05, 0.1) is 38.6 Å². The second-order valence-electron chi connectivity index (χ2n) is 23.2. The van der Waals surface area contributed by atoms with Crippen molar-refractivity contribution in [1.82, 2.24) is 5.32 Å².